The van der Waals surface area contributed by atoms with Crippen molar-refractivity contribution < 1.29 is 13.9 Å². The van der Waals surface area contributed by atoms with Gasteiger partial charge in [0.05, 0.1) is 5.92 Å². The number of rotatable bonds is 5. The molecule has 0 fully saturated rings. The topological polar surface area (TPSA) is 78.3 Å². The zero-order chi connectivity index (χ0) is 12.1. The van der Waals surface area contributed by atoms with E-state index < -0.39 is 0 Å². The smallest absolute Gasteiger partial charge is 0.293 e. The summed E-state index contributed by atoms with van der Waals surface area (Å²) in [5.41, 5.74) is 7.23. The number of nitrogen functional groups attached to an aromatic ring is 1. The molecule has 2 rings (SSSR count). The number of nitrogens with two attached hydrogens (primary N) is 1. The van der Waals surface area contributed by atoms with Gasteiger partial charge in [0.2, 0.25) is 5.88 Å². The minimum atomic E-state index is -0.208. The number of nitrogens with zero attached hydrogens (tertiary/aromatic N) is 1. The van der Waals surface area contributed by atoms with E-state index in [4.69, 9.17) is 14.9 Å². The van der Waals surface area contributed by atoms with Crippen molar-refractivity contribution in [2.45, 2.75) is 5.92 Å². The lowest BCUT2D eigenvalue weighted by atomic mass is 9.97. The molecule has 0 saturated carbocycles. The van der Waals surface area contributed by atoms with Crippen LogP contribution in [0.25, 0.3) is 0 Å². The van der Waals surface area contributed by atoms with Gasteiger partial charge < -0.3 is 14.9 Å². The van der Waals surface area contributed by atoms with Gasteiger partial charge in [-0.25, -0.2) is 4.98 Å². The van der Waals surface area contributed by atoms with Crippen LogP contribution in [0, 0.1) is 0 Å². The van der Waals surface area contributed by atoms with Gasteiger partial charge in [-0.15, -0.1) is 0 Å². The molecule has 1 unspecified atom stereocenters. The minimum Gasteiger partial charge on any atom is -0.467 e. The van der Waals surface area contributed by atoms with E-state index in [1.807, 2.05) is 30.3 Å². The van der Waals surface area contributed by atoms with E-state index in [-0.39, 0.29) is 18.4 Å². The highest BCUT2D eigenvalue weighted by Crippen LogP contribution is 2.27. The second-order valence-electron chi connectivity index (χ2n) is 3.49. The van der Waals surface area contributed by atoms with Gasteiger partial charge in [-0.05, 0) is 5.56 Å². The number of carbonyl (C=O) groups is 1. The third kappa shape index (κ3) is 2.44. The summed E-state index contributed by atoms with van der Waals surface area (Å²) in [5, 5.41) is 0. The average Bonchev–Trinajstić information content (AvgIpc) is 2.78. The van der Waals surface area contributed by atoms with Gasteiger partial charge in [-0.1, -0.05) is 30.3 Å². The van der Waals surface area contributed by atoms with Crippen molar-refractivity contribution in [3.05, 3.63) is 48.0 Å². The zero-order valence-corrected chi connectivity index (χ0v) is 9.08. The SMILES string of the molecule is Nc1ocnc1C(COC=O)c1ccccc1. The Morgan fingerprint density at radius 3 is 2.76 bits per heavy atom. The molecule has 2 N–H and O–H groups in total. The first kappa shape index (κ1) is 11.2. The van der Waals surface area contributed by atoms with E-state index in [9.17, 15) is 4.79 Å². The van der Waals surface area contributed by atoms with E-state index >= 15 is 0 Å². The molecule has 0 aliphatic rings. The first-order valence-corrected chi connectivity index (χ1v) is 5.12. The van der Waals surface area contributed by atoms with E-state index in [0.29, 0.717) is 12.2 Å². The quantitative estimate of drug-likeness (QED) is 0.791. The summed E-state index contributed by atoms with van der Waals surface area (Å²) in [7, 11) is 0. The summed E-state index contributed by atoms with van der Waals surface area (Å²) < 4.78 is 9.78. The number of oxazole rings is 1. The van der Waals surface area contributed by atoms with E-state index in [2.05, 4.69) is 4.98 Å². The van der Waals surface area contributed by atoms with Crippen molar-refractivity contribution in [1.29, 1.82) is 0 Å². The minimum absolute atomic E-state index is 0.185. The highest BCUT2D eigenvalue weighted by atomic mass is 16.5. The fourth-order valence-corrected chi connectivity index (χ4v) is 1.68. The number of benzene rings is 1. The molecule has 88 valence electrons. The first-order valence-electron chi connectivity index (χ1n) is 5.12. The Labute approximate surface area is 98.2 Å². The molecule has 0 saturated heterocycles. The Hall–Kier alpha value is -2.30. The third-order valence-corrected chi connectivity index (χ3v) is 2.49. The van der Waals surface area contributed by atoms with Gasteiger partial charge in [-0.2, -0.15) is 0 Å². The number of hydrogen-bond donors (Lipinski definition) is 1. The van der Waals surface area contributed by atoms with E-state index in [1.165, 1.54) is 6.39 Å². The van der Waals surface area contributed by atoms with Gasteiger partial charge >= 0.3 is 0 Å². The Morgan fingerprint density at radius 2 is 2.18 bits per heavy atom. The number of hydrogen-bond acceptors (Lipinski definition) is 5. The molecule has 2 aromatic rings. The Morgan fingerprint density at radius 1 is 1.41 bits per heavy atom. The average molecular weight is 232 g/mol. The highest BCUT2D eigenvalue weighted by Gasteiger charge is 2.20. The van der Waals surface area contributed by atoms with E-state index in [0.717, 1.165) is 5.56 Å². The molecule has 1 aromatic carbocycles. The van der Waals surface area contributed by atoms with Crippen LogP contribution in [0.2, 0.25) is 0 Å². The van der Waals surface area contributed by atoms with Crippen LogP contribution in [0.3, 0.4) is 0 Å². The van der Waals surface area contributed by atoms with Gasteiger partial charge in [0.1, 0.15) is 12.3 Å². The molecule has 0 amide bonds. The standard InChI is InChI=1S/C12H12N2O3/c13-12-11(14-7-17-12)10(6-16-8-15)9-4-2-1-3-5-9/h1-5,7-8,10H,6,13H2. The van der Waals surface area contributed by atoms with Gasteiger partial charge in [-0.3, -0.25) is 4.79 Å². The van der Waals surface area contributed by atoms with Crippen LogP contribution in [0.1, 0.15) is 17.2 Å². The van der Waals surface area contributed by atoms with Crippen LogP contribution in [-0.2, 0) is 9.53 Å². The summed E-state index contributed by atoms with van der Waals surface area (Å²) in [6.45, 7) is 0.594. The normalized spacial score (nSPS) is 12.0. The van der Waals surface area contributed by atoms with Crippen LogP contribution in [0.5, 0.6) is 0 Å². The first-order chi connectivity index (χ1) is 8.33. The summed E-state index contributed by atoms with van der Waals surface area (Å²) >= 11 is 0. The van der Waals surface area contributed by atoms with Crippen LogP contribution >= 0.6 is 0 Å². The fraction of sp³-hybridized carbons (Fsp3) is 0.167. The van der Waals surface area contributed by atoms with Gasteiger partial charge in [0.25, 0.3) is 6.47 Å². The number of ether oxygens (including phenoxy) is 1. The number of aromatic nitrogens is 1. The lowest BCUT2D eigenvalue weighted by Crippen LogP contribution is -2.11. The Balaban J connectivity index is 2.32. The lowest BCUT2D eigenvalue weighted by molar-refractivity contribution is -0.128. The zero-order valence-electron chi connectivity index (χ0n) is 9.08. The van der Waals surface area contributed by atoms with Crippen molar-refractivity contribution in [2.75, 3.05) is 12.3 Å². The van der Waals surface area contributed by atoms with Gasteiger partial charge in [0.15, 0.2) is 6.39 Å². The summed E-state index contributed by atoms with van der Waals surface area (Å²) in [6, 6.07) is 9.56. The molecular formula is C12H12N2O3. The second-order valence-corrected chi connectivity index (χ2v) is 3.49. The molecule has 0 aliphatic carbocycles. The molecule has 0 aliphatic heterocycles. The fourth-order valence-electron chi connectivity index (χ4n) is 1.68. The third-order valence-electron chi connectivity index (χ3n) is 2.49. The molecule has 0 bridgehead atoms. The van der Waals surface area contributed by atoms with E-state index in [1.54, 1.807) is 0 Å². The molecular weight excluding hydrogens is 220 g/mol. The summed E-state index contributed by atoms with van der Waals surface area (Å²) in [6.07, 6.45) is 1.28. The molecule has 1 aromatic heterocycles. The largest absolute Gasteiger partial charge is 0.467 e. The van der Waals surface area contributed by atoms with Crippen molar-refractivity contribution in [3.8, 4) is 0 Å². The molecule has 5 nitrogen and oxygen atoms in total. The maximum absolute atomic E-state index is 10.3. The Bertz CT molecular complexity index is 482. The predicted octanol–water partition coefficient (Wildman–Crippen LogP) is 1.56. The molecule has 0 spiro atoms. The van der Waals surface area contributed by atoms with Crippen LogP contribution in [0.15, 0.2) is 41.1 Å². The molecule has 17 heavy (non-hydrogen) atoms. The van der Waals surface area contributed by atoms with Crippen molar-refractivity contribution in [2.24, 2.45) is 0 Å². The predicted molar refractivity (Wildman–Crippen MR) is 61.2 cm³/mol. The summed E-state index contributed by atoms with van der Waals surface area (Å²) in [4.78, 5) is 14.4. The number of carbonyl (C=O) groups excluding carboxylic acids is 1. The Kier molecular flexibility index (Phi) is 3.40. The van der Waals surface area contributed by atoms with Crippen LogP contribution in [0.4, 0.5) is 5.88 Å². The second kappa shape index (κ2) is 5.16. The maximum atomic E-state index is 10.3. The van der Waals surface area contributed by atoms with Crippen molar-refractivity contribution >= 4 is 12.4 Å². The monoisotopic (exact) mass is 232 g/mol. The molecule has 1 heterocycles. The maximum Gasteiger partial charge on any atom is 0.293 e. The number of anilines is 1. The van der Waals surface area contributed by atoms with Crippen LogP contribution in [-0.4, -0.2) is 18.1 Å². The molecule has 1 atom stereocenters. The lowest BCUT2D eigenvalue weighted by Gasteiger charge is -2.13. The molecule has 5 heteroatoms. The van der Waals surface area contributed by atoms with Crippen molar-refractivity contribution in [3.63, 3.8) is 0 Å². The highest BCUT2D eigenvalue weighted by molar-refractivity contribution is 5.42. The van der Waals surface area contributed by atoms with Crippen molar-refractivity contribution in [1.82, 2.24) is 4.98 Å². The molecule has 0 radical (unpaired) electrons. The van der Waals surface area contributed by atoms with Gasteiger partial charge in [0, 0.05) is 0 Å². The summed E-state index contributed by atoms with van der Waals surface area (Å²) in [5.74, 6) is 0.0357. The van der Waals surface area contributed by atoms with Crippen LogP contribution < -0.4 is 5.73 Å².